The molecule has 0 saturated heterocycles. The van der Waals surface area contributed by atoms with Crippen LogP contribution in [0.5, 0.6) is 5.75 Å². The monoisotopic (exact) mass is 244 g/mol. The quantitative estimate of drug-likeness (QED) is 0.825. The van der Waals surface area contributed by atoms with Gasteiger partial charge in [0.25, 0.3) is 0 Å². The Labute approximate surface area is 100 Å². The van der Waals surface area contributed by atoms with Crippen molar-refractivity contribution in [2.24, 2.45) is 5.92 Å². The highest BCUT2D eigenvalue weighted by atomic mass is 19.3. The lowest BCUT2D eigenvalue weighted by Crippen LogP contribution is -2.11. The van der Waals surface area contributed by atoms with Crippen LogP contribution in [-0.2, 0) is 0 Å². The summed E-state index contributed by atoms with van der Waals surface area (Å²) in [5, 5.41) is 10.1. The fraction of sp³-hybridized carbons (Fsp3) is 0.538. The molecule has 1 aromatic rings. The largest absolute Gasteiger partial charge is 0.435 e. The van der Waals surface area contributed by atoms with Crippen LogP contribution in [0.1, 0.15) is 38.4 Å². The van der Waals surface area contributed by atoms with E-state index in [0.717, 1.165) is 12.8 Å². The molecule has 0 saturated carbocycles. The Kier molecular flexibility index (Phi) is 5.35. The second kappa shape index (κ2) is 6.55. The summed E-state index contributed by atoms with van der Waals surface area (Å²) in [7, 11) is 0. The smallest absolute Gasteiger partial charge is 0.387 e. The first-order chi connectivity index (χ1) is 8.08. The maximum Gasteiger partial charge on any atom is 0.387 e. The van der Waals surface area contributed by atoms with Gasteiger partial charge in [-0.3, -0.25) is 0 Å². The predicted octanol–water partition coefficient (Wildman–Crippen LogP) is 3.76. The first kappa shape index (κ1) is 13.9. The van der Waals surface area contributed by atoms with Gasteiger partial charge in [0.2, 0.25) is 0 Å². The standard InChI is InChI=1S/C13H18F2O2/c1-3-9(4-2)12(16)10-6-5-7-11(8-10)17-13(14)15/h5-9,12-13,16H,3-4H2,1-2H3. The van der Waals surface area contributed by atoms with E-state index in [4.69, 9.17) is 0 Å². The van der Waals surface area contributed by atoms with E-state index in [9.17, 15) is 13.9 Å². The number of halogens is 2. The maximum absolute atomic E-state index is 12.1. The van der Waals surface area contributed by atoms with E-state index in [1.54, 1.807) is 12.1 Å². The van der Waals surface area contributed by atoms with Gasteiger partial charge in [0.15, 0.2) is 0 Å². The highest BCUT2D eigenvalue weighted by Gasteiger charge is 2.18. The second-order valence-corrected chi connectivity index (χ2v) is 3.97. The fourth-order valence-corrected chi connectivity index (χ4v) is 1.88. The summed E-state index contributed by atoms with van der Waals surface area (Å²) in [6, 6.07) is 6.25. The van der Waals surface area contributed by atoms with Gasteiger partial charge in [-0.2, -0.15) is 8.78 Å². The average molecular weight is 244 g/mol. The fourth-order valence-electron chi connectivity index (χ4n) is 1.88. The van der Waals surface area contributed by atoms with Crippen LogP contribution in [0.15, 0.2) is 24.3 Å². The third kappa shape index (κ3) is 3.97. The van der Waals surface area contributed by atoms with Crippen LogP contribution in [0.3, 0.4) is 0 Å². The molecule has 0 spiro atoms. The summed E-state index contributed by atoms with van der Waals surface area (Å²) in [5.74, 6) is 0.222. The van der Waals surface area contributed by atoms with Crippen molar-refractivity contribution in [3.63, 3.8) is 0 Å². The number of hydrogen-bond donors (Lipinski definition) is 1. The van der Waals surface area contributed by atoms with Gasteiger partial charge in [-0.1, -0.05) is 38.8 Å². The van der Waals surface area contributed by atoms with Gasteiger partial charge in [0, 0.05) is 0 Å². The molecule has 2 nitrogen and oxygen atoms in total. The predicted molar refractivity (Wildman–Crippen MR) is 62.1 cm³/mol. The lowest BCUT2D eigenvalue weighted by molar-refractivity contribution is -0.0500. The molecule has 1 aromatic carbocycles. The number of ether oxygens (including phenoxy) is 1. The minimum absolute atomic E-state index is 0.0857. The van der Waals surface area contributed by atoms with E-state index in [-0.39, 0.29) is 11.7 Å². The van der Waals surface area contributed by atoms with Crippen molar-refractivity contribution in [2.45, 2.75) is 39.4 Å². The summed E-state index contributed by atoms with van der Waals surface area (Å²) in [4.78, 5) is 0. The van der Waals surface area contributed by atoms with Crippen molar-refractivity contribution in [1.29, 1.82) is 0 Å². The SMILES string of the molecule is CCC(CC)C(O)c1cccc(OC(F)F)c1. The molecule has 1 atom stereocenters. The number of hydrogen-bond acceptors (Lipinski definition) is 2. The Balaban J connectivity index is 2.83. The number of alkyl halides is 2. The van der Waals surface area contributed by atoms with Crippen molar-refractivity contribution >= 4 is 0 Å². The van der Waals surface area contributed by atoms with Crippen LogP contribution < -0.4 is 4.74 Å². The zero-order valence-electron chi connectivity index (χ0n) is 10.1. The van der Waals surface area contributed by atoms with Gasteiger partial charge in [-0.15, -0.1) is 0 Å². The molecule has 0 aliphatic carbocycles. The molecule has 0 bridgehead atoms. The zero-order valence-corrected chi connectivity index (χ0v) is 10.1. The summed E-state index contributed by atoms with van der Waals surface area (Å²) in [6.07, 6.45) is 1.06. The van der Waals surface area contributed by atoms with Crippen molar-refractivity contribution in [3.8, 4) is 5.75 Å². The third-order valence-electron chi connectivity index (χ3n) is 2.92. The highest BCUT2D eigenvalue weighted by Crippen LogP contribution is 2.29. The summed E-state index contributed by atoms with van der Waals surface area (Å²) in [5.41, 5.74) is 0.622. The Bertz CT molecular complexity index is 338. The number of benzene rings is 1. The van der Waals surface area contributed by atoms with Crippen LogP contribution in [0.2, 0.25) is 0 Å². The molecule has 0 aromatic heterocycles. The molecule has 0 radical (unpaired) electrons. The molecule has 0 aliphatic heterocycles. The Morgan fingerprint density at radius 2 is 1.88 bits per heavy atom. The summed E-state index contributed by atoms with van der Waals surface area (Å²) in [6.45, 7) is 1.16. The highest BCUT2D eigenvalue weighted by molar-refractivity contribution is 5.30. The van der Waals surface area contributed by atoms with Crippen molar-refractivity contribution in [3.05, 3.63) is 29.8 Å². The van der Waals surface area contributed by atoms with E-state index < -0.39 is 12.7 Å². The van der Waals surface area contributed by atoms with Crippen molar-refractivity contribution < 1.29 is 18.6 Å². The average Bonchev–Trinajstić information content (AvgIpc) is 2.30. The van der Waals surface area contributed by atoms with Gasteiger partial charge in [-0.05, 0) is 23.6 Å². The molecule has 1 N–H and O–H groups in total. The molecule has 0 fully saturated rings. The molecular formula is C13H18F2O2. The molecule has 1 rings (SSSR count). The van der Waals surface area contributed by atoms with Gasteiger partial charge < -0.3 is 9.84 Å². The molecule has 0 heterocycles. The van der Waals surface area contributed by atoms with Crippen LogP contribution in [0.4, 0.5) is 8.78 Å². The second-order valence-electron chi connectivity index (χ2n) is 3.97. The van der Waals surface area contributed by atoms with Crippen LogP contribution in [-0.4, -0.2) is 11.7 Å². The summed E-state index contributed by atoms with van der Waals surface area (Å²) < 4.78 is 28.4. The Hall–Kier alpha value is -1.16. The van der Waals surface area contributed by atoms with E-state index in [2.05, 4.69) is 4.74 Å². The molecule has 17 heavy (non-hydrogen) atoms. The summed E-state index contributed by atoms with van der Waals surface area (Å²) >= 11 is 0. The first-order valence-electron chi connectivity index (χ1n) is 5.81. The molecule has 96 valence electrons. The van der Waals surface area contributed by atoms with Gasteiger partial charge in [0.1, 0.15) is 5.75 Å². The van der Waals surface area contributed by atoms with E-state index in [0.29, 0.717) is 5.56 Å². The van der Waals surface area contributed by atoms with Gasteiger partial charge in [0.05, 0.1) is 6.10 Å². The van der Waals surface area contributed by atoms with Crippen molar-refractivity contribution in [1.82, 2.24) is 0 Å². The molecule has 0 aliphatic rings. The van der Waals surface area contributed by atoms with E-state index >= 15 is 0 Å². The number of rotatable bonds is 6. The number of aliphatic hydroxyl groups is 1. The lowest BCUT2D eigenvalue weighted by Gasteiger charge is -2.20. The van der Waals surface area contributed by atoms with Crippen LogP contribution >= 0.6 is 0 Å². The zero-order chi connectivity index (χ0) is 12.8. The molecule has 0 amide bonds. The lowest BCUT2D eigenvalue weighted by atomic mass is 9.91. The minimum atomic E-state index is -2.84. The van der Waals surface area contributed by atoms with Gasteiger partial charge in [-0.25, -0.2) is 0 Å². The molecule has 1 unspecified atom stereocenters. The van der Waals surface area contributed by atoms with E-state index in [1.807, 2.05) is 13.8 Å². The van der Waals surface area contributed by atoms with Crippen LogP contribution in [0.25, 0.3) is 0 Å². The maximum atomic E-state index is 12.1. The molecular weight excluding hydrogens is 226 g/mol. The normalized spacial score (nSPS) is 13.1. The van der Waals surface area contributed by atoms with Crippen LogP contribution in [0, 0.1) is 5.92 Å². The van der Waals surface area contributed by atoms with E-state index in [1.165, 1.54) is 12.1 Å². The van der Waals surface area contributed by atoms with Gasteiger partial charge >= 0.3 is 6.61 Å². The minimum Gasteiger partial charge on any atom is -0.435 e. The number of aliphatic hydroxyl groups excluding tert-OH is 1. The third-order valence-corrected chi connectivity index (χ3v) is 2.92. The molecule has 4 heteroatoms. The topological polar surface area (TPSA) is 29.5 Å². The Morgan fingerprint density at radius 1 is 1.24 bits per heavy atom. The Morgan fingerprint density at radius 3 is 2.41 bits per heavy atom. The first-order valence-corrected chi connectivity index (χ1v) is 5.81. The van der Waals surface area contributed by atoms with Crippen molar-refractivity contribution in [2.75, 3.05) is 0 Å².